The maximum absolute atomic E-state index is 14.3. The van der Waals surface area contributed by atoms with E-state index in [0.29, 0.717) is 11.5 Å². The molecule has 4 rings (SSSR count). The maximum Gasteiger partial charge on any atom is 0.130 e. The predicted octanol–water partition coefficient (Wildman–Crippen LogP) is 9.88. The number of benzene rings is 3. The van der Waals surface area contributed by atoms with Crippen LogP contribution in [-0.4, -0.2) is 0 Å². The van der Waals surface area contributed by atoms with Crippen LogP contribution in [0.4, 0.5) is 4.39 Å². The van der Waals surface area contributed by atoms with E-state index in [4.69, 9.17) is 0 Å². The van der Waals surface area contributed by atoms with E-state index in [1.165, 1.54) is 49.7 Å². The second-order valence-electron chi connectivity index (χ2n) is 10.7. The molecule has 1 aliphatic rings. The first-order valence-corrected chi connectivity index (χ1v) is 13.7. The van der Waals surface area contributed by atoms with Crippen molar-refractivity contribution >= 4 is 12.2 Å². The van der Waals surface area contributed by atoms with E-state index >= 15 is 0 Å². The molecule has 184 valence electrons. The zero-order valence-electron chi connectivity index (χ0n) is 21.6. The van der Waals surface area contributed by atoms with Crippen molar-refractivity contribution in [3.8, 4) is 0 Å². The van der Waals surface area contributed by atoms with Crippen molar-refractivity contribution in [2.45, 2.75) is 77.6 Å². The number of halogens is 1. The van der Waals surface area contributed by atoms with E-state index in [1.807, 2.05) is 24.3 Å². The van der Waals surface area contributed by atoms with Gasteiger partial charge in [0.15, 0.2) is 0 Å². The molecule has 0 nitrogen and oxygen atoms in total. The fourth-order valence-electron chi connectivity index (χ4n) is 5.68. The third kappa shape index (κ3) is 7.66. The van der Waals surface area contributed by atoms with Crippen molar-refractivity contribution in [2.75, 3.05) is 0 Å². The molecule has 0 heterocycles. The monoisotopic (exact) mass is 468 g/mol. The molecule has 0 aromatic heterocycles. The van der Waals surface area contributed by atoms with Gasteiger partial charge >= 0.3 is 0 Å². The summed E-state index contributed by atoms with van der Waals surface area (Å²) in [4.78, 5) is 0. The number of rotatable bonds is 10. The minimum atomic E-state index is -0.131. The molecule has 0 amide bonds. The summed E-state index contributed by atoms with van der Waals surface area (Å²) in [5.41, 5.74) is 5.75. The highest BCUT2D eigenvalue weighted by atomic mass is 19.1. The molecule has 1 aliphatic carbocycles. The average Bonchev–Trinajstić information content (AvgIpc) is 2.89. The Hall–Kier alpha value is -2.67. The molecule has 35 heavy (non-hydrogen) atoms. The zero-order chi connectivity index (χ0) is 24.5. The van der Waals surface area contributed by atoms with E-state index in [9.17, 15) is 4.39 Å². The Labute approximate surface area is 212 Å². The fraction of sp³-hybridized carbons (Fsp3) is 0.412. The van der Waals surface area contributed by atoms with E-state index in [2.05, 4.69) is 68.4 Å². The Kier molecular flexibility index (Phi) is 9.35. The zero-order valence-corrected chi connectivity index (χ0v) is 21.6. The third-order valence-electron chi connectivity index (χ3n) is 7.90. The highest BCUT2D eigenvalue weighted by Crippen LogP contribution is 2.37. The maximum atomic E-state index is 14.3. The Morgan fingerprint density at radius 1 is 0.800 bits per heavy atom. The summed E-state index contributed by atoms with van der Waals surface area (Å²) in [6.45, 7) is 4.51. The lowest BCUT2D eigenvalue weighted by atomic mass is 9.76. The molecule has 0 saturated heterocycles. The van der Waals surface area contributed by atoms with E-state index < -0.39 is 0 Å². The number of hydrogen-bond acceptors (Lipinski definition) is 0. The quantitative estimate of drug-likeness (QED) is 0.260. The lowest BCUT2D eigenvalue weighted by Crippen LogP contribution is -2.16. The van der Waals surface area contributed by atoms with Gasteiger partial charge in [-0.25, -0.2) is 4.39 Å². The van der Waals surface area contributed by atoms with E-state index in [-0.39, 0.29) is 5.82 Å². The molecule has 0 aliphatic heterocycles. The summed E-state index contributed by atoms with van der Waals surface area (Å²) in [5, 5.41) is 0. The second kappa shape index (κ2) is 12.9. The van der Waals surface area contributed by atoms with Gasteiger partial charge in [0.2, 0.25) is 0 Å². The number of aryl methyl sites for hydroxylation is 2. The fourth-order valence-corrected chi connectivity index (χ4v) is 5.68. The molecular formula is C34H41F. The first-order chi connectivity index (χ1) is 17.1. The number of hydrogen-bond donors (Lipinski definition) is 0. The minimum Gasteiger partial charge on any atom is -0.206 e. The molecule has 0 unspecified atom stereocenters. The van der Waals surface area contributed by atoms with Gasteiger partial charge in [-0.2, -0.15) is 0 Å². The Morgan fingerprint density at radius 3 is 2.17 bits per heavy atom. The summed E-state index contributed by atoms with van der Waals surface area (Å²) in [7, 11) is 0. The first kappa shape index (κ1) is 25.4. The minimum absolute atomic E-state index is 0.131. The SMILES string of the molecule is CCCc1ccc(C=Cc2ccc(CCC3CCC(C[C@H](C)c4ccccc4)CC3)cc2)c(F)c1. The normalized spacial score (nSPS) is 19.2. The van der Waals surface area contributed by atoms with Crippen LogP contribution in [0.2, 0.25) is 0 Å². The van der Waals surface area contributed by atoms with Gasteiger partial charge in [0, 0.05) is 5.56 Å². The van der Waals surface area contributed by atoms with Crippen LogP contribution in [0.25, 0.3) is 12.2 Å². The van der Waals surface area contributed by atoms with Gasteiger partial charge in [-0.3, -0.25) is 0 Å². The first-order valence-electron chi connectivity index (χ1n) is 13.7. The van der Waals surface area contributed by atoms with Crippen molar-refractivity contribution in [1.29, 1.82) is 0 Å². The molecule has 3 aromatic carbocycles. The summed E-state index contributed by atoms with van der Waals surface area (Å²) in [6, 6.07) is 25.4. The summed E-state index contributed by atoms with van der Waals surface area (Å²) in [6.07, 6.45) is 15.2. The third-order valence-corrected chi connectivity index (χ3v) is 7.90. The Morgan fingerprint density at radius 2 is 1.49 bits per heavy atom. The largest absolute Gasteiger partial charge is 0.206 e. The molecule has 1 heteroatoms. The molecule has 1 fully saturated rings. The van der Waals surface area contributed by atoms with Crippen molar-refractivity contribution in [3.05, 3.63) is 106 Å². The Bertz CT molecular complexity index is 1060. The Balaban J connectivity index is 1.20. The topological polar surface area (TPSA) is 0 Å². The van der Waals surface area contributed by atoms with Gasteiger partial charge in [0.25, 0.3) is 0 Å². The van der Waals surface area contributed by atoms with Crippen LogP contribution in [0.1, 0.15) is 92.5 Å². The van der Waals surface area contributed by atoms with Gasteiger partial charge in [0.1, 0.15) is 5.82 Å². The van der Waals surface area contributed by atoms with Gasteiger partial charge in [-0.1, -0.05) is 125 Å². The second-order valence-corrected chi connectivity index (χ2v) is 10.7. The van der Waals surface area contributed by atoms with Crippen LogP contribution in [0.5, 0.6) is 0 Å². The smallest absolute Gasteiger partial charge is 0.130 e. The highest BCUT2D eigenvalue weighted by Gasteiger charge is 2.23. The van der Waals surface area contributed by atoms with E-state index in [0.717, 1.165) is 42.2 Å². The van der Waals surface area contributed by atoms with Gasteiger partial charge in [-0.05, 0) is 71.8 Å². The van der Waals surface area contributed by atoms with Crippen LogP contribution in [0, 0.1) is 17.7 Å². The standard InChI is InChI=1S/C34H41F/c1-3-7-30-21-23-33(34(35)25-30)22-20-29-14-12-27(13-15-29)10-11-28-16-18-31(19-17-28)24-26(2)32-8-5-4-6-9-32/h4-6,8-9,12-15,20-23,25-26,28,31H,3,7,10-11,16-19,24H2,1-2H3/t26-,28?,31?/m0/s1. The molecule has 1 saturated carbocycles. The molecular weight excluding hydrogens is 427 g/mol. The van der Waals surface area contributed by atoms with Crippen molar-refractivity contribution in [2.24, 2.45) is 11.8 Å². The summed E-state index contributed by atoms with van der Waals surface area (Å²) in [5.74, 6) is 2.30. The summed E-state index contributed by atoms with van der Waals surface area (Å²) >= 11 is 0. The molecule has 1 atom stereocenters. The lowest BCUT2D eigenvalue weighted by Gasteiger charge is -2.30. The van der Waals surface area contributed by atoms with Crippen LogP contribution < -0.4 is 0 Å². The average molecular weight is 469 g/mol. The van der Waals surface area contributed by atoms with Gasteiger partial charge in [0.05, 0.1) is 0 Å². The molecule has 0 N–H and O–H groups in total. The van der Waals surface area contributed by atoms with Crippen LogP contribution in [0.15, 0.2) is 72.8 Å². The summed E-state index contributed by atoms with van der Waals surface area (Å²) < 4.78 is 14.3. The van der Waals surface area contributed by atoms with Crippen molar-refractivity contribution < 1.29 is 4.39 Å². The van der Waals surface area contributed by atoms with Gasteiger partial charge in [-0.15, -0.1) is 0 Å². The predicted molar refractivity (Wildman–Crippen MR) is 149 cm³/mol. The van der Waals surface area contributed by atoms with Crippen molar-refractivity contribution in [1.82, 2.24) is 0 Å². The lowest BCUT2D eigenvalue weighted by molar-refractivity contribution is 0.245. The van der Waals surface area contributed by atoms with Crippen LogP contribution in [-0.2, 0) is 12.8 Å². The van der Waals surface area contributed by atoms with Crippen LogP contribution in [0.3, 0.4) is 0 Å². The van der Waals surface area contributed by atoms with E-state index in [1.54, 1.807) is 6.07 Å². The molecule has 0 radical (unpaired) electrons. The molecule has 0 spiro atoms. The highest BCUT2D eigenvalue weighted by molar-refractivity contribution is 5.70. The van der Waals surface area contributed by atoms with Gasteiger partial charge < -0.3 is 0 Å². The van der Waals surface area contributed by atoms with Crippen molar-refractivity contribution in [3.63, 3.8) is 0 Å². The van der Waals surface area contributed by atoms with Crippen LogP contribution >= 0.6 is 0 Å². The molecule has 0 bridgehead atoms. The molecule has 3 aromatic rings.